The molecule has 0 atom stereocenters. The number of aromatic amines is 1. The van der Waals surface area contributed by atoms with Crippen molar-refractivity contribution in [2.24, 2.45) is 0 Å². The van der Waals surface area contributed by atoms with Gasteiger partial charge in [-0.2, -0.15) is 0 Å². The summed E-state index contributed by atoms with van der Waals surface area (Å²) in [4.78, 5) is 6.33. The minimum Gasteiger partial charge on any atom is -0.358 e. The van der Waals surface area contributed by atoms with Crippen molar-refractivity contribution >= 4 is 22.5 Å². The topological polar surface area (TPSA) is 19.0 Å². The maximum atomic E-state index is 6.12. The van der Waals surface area contributed by atoms with Crippen LogP contribution in [0.4, 0.5) is 0 Å². The second kappa shape index (κ2) is 6.19. The number of benzene rings is 2. The summed E-state index contributed by atoms with van der Waals surface area (Å²) in [6.07, 6.45) is 4.94. The van der Waals surface area contributed by atoms with Crippen LogP contribution in [-0.2, 0) is 12.8 Å². The van der Waals surface area contributed by atoms with Crippen LogP contribution < -0.4 is 0 Å². The summed E-state index contributed by atoms with van der Waals surface area (Å²) >= 11 is 6.12. The van der Waals surface area contributed by atoms with Crippen LogP contribution in [0.1, 0.15) is 35.6 Å². The Labute approximate surface area is 153 Å². The maximum Gasteiger partial charge on any atom is 0.0457 e. The average molecular weight is 351 g/mol. The van der Waals surface area contributed by atoms with Gasteiger partial charge < -0.3 is 4.98 Å². The van der Waals surface area contributed by atoms with E-state index in [0.717, 1.165) is 5.02 Å². The molecule has 1 aliphatic carbocycles. The Hall–Kier alpha value is -1.77. The van der Waals surface area contributed by atoms with Crippen molar-refractivity contribution in [1.82, 2.24) is 9.88 Å². The van der Waals surface area contributed by atoms with Gasteiger partial charge in [0, 0.05) is 33.6 Å². The van der Waals surface area contributed by atoms with E-state index in [1.807, 2.05) is 6.07 Å². The monoisotopic (exact) mass is 350 g/mol. The van der Waals surface area contributed by atoms with Crippen LogP contribution in [0.15, 0.2) is 48.5 Å². The van der Waals surface area contributed by atoms with Gasteiger partial charge in [0.05, 0.1) is 0 Å². The summed E-state index contributed by atoms with van der Waals surface area (Å²) in [7, 11) is 0. The van der Waals surface area contributed by atoms with Gasteiger partial charge >= 0.3 is 0 Å². The number of H-pyrrole nitrogens is 1. The van der Waals surface area contributed by atoms with E-state index < -0.39 is 0 Å². The highest BCUT2D eigenvalue weighted by Gasteiger charge is 2.30. The molecule has 0 amide bonds. The Morgan fingerprint density at radius 3 is 2.36 bits per heavy atom. The summed E-state index contributed by atoms with van der Waals surface area (Å²) in [5.41, 5.74) is 5.70. The van der Waals surface area contributed by atoms with Crippen LogP contribution >= 0.6 is 11.6 Å². The molecule has 3 aromatic rings. The fraction of sp³-hybridized carbons (Fsp3) is 0.364. The van der Waals surface area contributed by atoms with Crippen molar-refractivity contribution in [3.63, 3.8) is 0 Å². The second-order valence-electron chi connectivity index (χ2n) is 7.60. The minimum absolute atomic E-state index is 0.645. The lowest BCUT2D eigenvalue weighted by Crippen LogP contribution is -2.41. The van der Waals surface area contributed by atoms with Crippen molar-refractivity contribution in [1.29, 1.82) is 0 Å². The minimum atomic E-state index is 0.645. The van der Waals surface area contributed by atoms with E-state index in [0.29, 0.717) is 12.0 Å². The van der Waals surface area contributed by atoms with E-state index in [1.165, 1.54) is 55.4 Å². The van der Waals surface area contributed by atoms with Gasteiger partial charge in [0.2, 0.25) is 0 Å². The number of rotatable bonds is 2. The van der Waals surface area contributed by atoms with Crippen molar-refractivity contribution in [3.05, 3.63) is 70.4 Å². The van der Waals surface area contributed by atoms with Gasteiger partial charge in [-0.05, 0) is 74.2 Å². The number of fused-ring (bicyclic) bond motifs is 2. The molecule has 2 aromatic carbocycles. The number of likely N-dealkylation sites (tertiary alicyclic amines) is 1. The Bertz CT molecular complexity index is 880. The van der Waals surface area contributed by atoms with E-state index in [1.54, 1.807) is 11.1 Å². The highest BCUT2D eigenvalue weighted by molar-refractivity contribution is 6.31. The third kappa shape index (κ3) is 2.88. The molecule has 1 N–H and O–H groups in total. The fourth-order valence-corrected chi connectivity index (χ4v) is 4.90. The first kappa shape index (κ1) is 15.5. The molecule has 1 aliphatic heterocycles. The third-order valence-electron chi connectivity index (χ3n) is 6.12. The number of hydrogen-bond acceptors (Lipinski definition) is 1. The Kier molecular flexibility index (Phi) is 3.83. The molecular weight excluding hydrogens is 328 g/mol. The Morgan fingerprint density at radius 2 is 1.64 bits per heavy atom. The second-order valence-corrected chi connectivity index (χ2v) is 8.03. The van der Waals surface area contributed by atoms with Crippen LogP contribution in [0.5, 0.6) is 0 Å². The van der Waals surface area contributed by atoms with E-state index in [9.17, 15) is 0 Å². The summed E-state index contributed by atoms with van der Waals surface area (Å²) < 4.78 is 0. The summed E-state index contributed by atoms with van der Waals surface area (Å²) in [5.74, 6) is 0.645. The van der Waals surface area contributed by atoms with Gasteiger partial charge in [-0.15, -0.1) is 0 Å². The smallest absolute Gasteiger partial charge is 0.0457 e. The molecule has 2 heterocycles. The molecule has 1 aromatic heterocycles. The Balaban J connectivity index is 1.27. The van der Waals surface area contributed by atoms with Crippen LogP contribution in [0, 0.1) is 0 Å². The van der Waals surface area contributed by atoms with Gasteiger partial charge in [0.25, 0.3) is 0 Å². The van der Waals surface area contributed by atoms with Crippen molar-refractivity contribution in [2.45, 2.75) is 37.6 Å². The van der Waals surface area contributed by atoms with Gasteiger partial charge in [0.1, 0.15) is 0 Å². The van der Waals surface area contributed by atoms with Crippen LogP contribution in [0.25, 0.3) is 10.9 Å². The molecule has 0 radical (unpaired) electrons. The van der Waals surface area contributed by atoms with Gasteiger partial charge in [-0.25, -0.2) is 0 Å². The lowest BCUT2D eigenvalue weighted by atomic mass is 9.92. The first-order valence-electron chi connectivity index (χ1n) is 9.35. The van der Waals surface area contributed by atoms with E-state index in [2.05, 4.69) is 52.3 Å². The number of nitrogens with one attached hydrogen (secondary N) is 1. The molecule has 128 valence electrons. The van der Waals surface area contributed by atoms with Crippen molar-refractivity contribution < 1.29 is 0 Å². The molecule has 1 saturated heterocycles. The molecule has 0 bridgehead atoms. The lowest BCUT2D eigenvalue weighted by molar-refractivity contribution is 0.155. The number of nitrogens with zero attached hydrogens (tertiary/aromatic N) is 1. The van der Waals surface area contributed by atoms with Gasteiger partial charge in [0.15, 0.2) is 0 Å². The zero-order valence-electron chi connectivity index (χ0n) is 14.3. The SMILES string of the molecule is Clc1ccc2[nH]c(C3CCN(C4Cc5ccccc5C4)CC3)cc2c1. The molecule has 2 nitrogen and oxygen atoms in total. The summed E-state index contributed by atoms with van der Waals surface area (Å²) in [6.45, 7) is 2.42. The number of hydrogen-bond donors (Lipinski definition) is 1. The standard InChI is InChI=1S/C22H23ClN2/c23-19-5-6-21-18(11-19)14-22(24-21)15-7-9-25(10-8-15)20-12-16-3-1-2-4-17(16)13-20/h1-6,11,14-15,20,24H,7-10,12-13H2. The molecule has 2 aliphatic rings. The molecule has 25 heavy (non-hydrogen) atoms. The van der Waals surface area contributed by atoms with Gasteiger partial charge in [-0.3, -0.25) is 4.90 Å². The molecule has 0 unspecified atom stereocenters. The number of aromatic nitrogens is 1. The van der Waals surface area contributed by atoms with Crippen molar-refractivity contribution in [3.8, 4) is 0 Å². The maximum absolute atomic E-state index is 6.12. The third-order valence-corrected chi connectivity index (χ3v) is 6.35. The number of halogens is 1. The normalized spacial score (nSPS) is 19.6. The molecule has 1 fully saturated rings. The predicted molar refractivity (Wildman–Crippen MR) is 104 cm³/mol. The van der Waals surface area contributed by atoms with E-state index in [4.69, 9.17) is 11.6 Å². The highest BCUT2D eigenvalue weighted by Crippen LogP contribution is 2.33. The quantitative estimate of drug-likeness (QED) is 0.675. The molecule has 5 rings (SSSR count). The molecule has 0 saturated carbocycles. The lowest BCUT2D eigenvalue weighted by Gasteiger charge is -2.35. The average Bonchev–Trinajstić information content (AvgIpc) is 3.25. The number of piperidine rings is 1. The van der Waals surface area contributed by atoms with Gasteiger partial charge in [-0.1, -0.05) is 35.9 Å². The fourth-order valence-electron chi connectivity index (χ4n) is 4.72. The first-order valence-corrected chi connectivity index (χ1v) is 9.73. The van der Waals surface area contributed by atoms with Crippen molar-refractivity contribution in [2.75, 3.05) is 13.1 Å². The molecule has 0 spiro atoms. The molecule has 3 heteroatoms. The molecular formula is C22H23ClN2. The summed E-state index contributed by atoms with van der Waals surface area (Å²) in [5, 5.41) is 2.05. The summed E-state index contributed by atoms with van der Waals surface area (Å²) in [6, 6.07) is 18.1. The van der Waals surface area contributed by atoms with Crippen LogP contribution in [-0.4, -0.2) is 29.0 Å². The zero-order chi connectivity index (χ0) is 16.8. The highest BCUT2D eigenvalue weighted by atomic mass is 35.5. The van der Waals surface area contributed by atoms with E-state index in [-0.39, 0.29) is 0 Å². The van der Waals surface area contributed by atoms with E-state index >= 15 is 0 Å². The zero-order valence-corrected chi connectivity index (χ0v) is 15.1. The first-order chi connectivity index (χ1) is 12.3. The largest absolute Gasteiger partial charge is 0.358 e. The van der Waals surface area contributed by atoms with Crippen LogP contribution in [0.3, 0.4) is 0 Å². The van der Waals surface area contributed by atoms with Crippen LogP contribution in [0.2, 0.25) is 5.02 Å². The Morgan fingerprint density at radius 1 is 0.920 bits per heavy atom. The predicted octanol–water partition coefficient (Wildman–Crippen LogP) is 5.17.